The molecule has 156 valence electrons. The van der Waals surface area contributed by atoms with Crippen LogP contribution in [-0.2, 0) is 21.0 Å². The van der Waals surface area contributed by atoms with Crippen LogP contribution in [0.4, 0.5) is 24.5 Å². The van der Waals surface area contributed by atoms with Gasteiger partial charge in [-0.15, -0.1) is 0 Å². The standard InChI is InChI=1S/C17H16F3N3O5S/c1-27-10-4-5-11(13(8-10)28-2)22-16(24)15-21-12-7-9(17(18,19)20)3-6-14(12)29(25,26)23-15/h3-8,15,21,23H,1-2H3,(H,22,24). The summed E-state index contributed by atoms with van der Waals surface area (Å²) in [5.74, 6) is -0.138. The summed E-state index contributed by atoms with van der Waals surface area (Å²) in [5, 5.41) is 4.94. The number of carbonyl (C=O) groups excluding carboxylic acids is 1. The molecule has 3 rings (SSSR count). The summed E-state index contributed by atoms with van der Waals surface area (Å²) in [4.78, 5) is 12.2. The topological polar surface area (TPSA) is 106 Å². The lowest BCUT2D eigenvalue weighted by Gasteiger charge is -2.28. The van der Waals surface area contributed by atoms with Gasteiger partial charge < -0.3 is 20.1 Å². The fourth-order valence-electron chi connectivity index (χ4n) is 2.68. The Morgan fingerprint density at radius 3 is 2.45 bits per heavy atom. The number of methoxy groups -OCH3 is 2. The average molecular weight is 431 g/mol. The molecule has 0 spiro atoms. The first-order valence-electron chi connectivity index (χ1n) is 8.08. The minimum absolute atomic E-state index is 0.217. The quantitative estimate of drug-likeness (QED) is 0.687. The Labute approximate surface area is 164 Å². The van der Waals surface area contributed by atoms with E-state index in [9.17, 15) is 26.4 Å². The van der Waals surface area contributed by atoms with Crippen molar-refractivity contribution in [3.8, 4) is 11.5 Å². The molecular weight excluding hydrogens is 415 g/mol. The fourth-order valence-corrected chi connectivity index (χ4v) is 3.94. The second kappa shape index (κ2) is 7.44. The SMILES string of the molecule is COc1ccc(NC(=O)C2Nc3cc(C(F)(F)F)ccc3S(=O)(=O)N2)c(OC)c1. The van der Waals surface area contributed by atoms with Crippen molar-refractivity contribution in [2.24, 2.45) is 0 Å². The zero-order chi connectivity index (χ0) is 21.4. The monoisotopic (exact) mass is 431 g/mol. The predicted octanol–water partition coefficient (Wildman–Crippen LogP) is 2.39. The number of hydrogen-bond donors (Lipinski definition) is 3. The first-order chi connectivity index (χ1) is 13.5. The number of hydrogen-bond acceptors (Lipinski definition) is 6. The first kappa shape index (κ1) is 20.7. The van der Waals surface area contributed by atoms with Crippen LogP contribution in [-0.4, -0.2) is 34.7 Å². The molecule has 1 aliphatic rings. The van der Waals surface area contributed by atoms with Crippen LogP contribution in [0.25, 0.3) is 0 Å². The Bertz CT molecular complexity index is 1060. The molecule has 1 unspecified atom stereocenters. The molecule has 0 saturated carbocycles. The molecule has 29 heavy (non-hydrogen) atoms. The van der Waals surface area contributed by atoms with E-state index < -0.39 is 38.7 Å². The second-order valence-electron chi connectivity index (χ2n) is 5.96. The lowest BCUT2D eigenvalue weighted by molar-refractivity contribution is -0.137. The Kier molecular flexibility index (Phi) is 5.32. The van der Waals surface area contributed by atoms with Gasteiger partial charge in [0.1, 0.15) is 16.4 Å². The van der Waals surface area contributed by atoms with E-state index in [1.807, 2.05) is 0 Å². The van der Waals surface area contributed by atoms with Gasteiger partial charge in [-0.1, -0.05) is 0 Å². The molecule has 0 aliphatic carbocycles. The van der Waals surface area contributed by atoms with Crippen molar-refractivity contribution in [1.29, 1.82) is 0 Å². The molecule has 0 fully saturated rings. The van der Waals surface area contributed by atoms with Gasteiger partial charge in [0.15, 0.2) is 6.17 Å². The normalized spacial score (nSPS) is 17.6. The fraction of sp³-hybridized carbons (Fsp3) is 0.235. The van der Waals surface area contributed by atoms with Crippen LogP contribution >= 0.6 is 0 Å². The van der Waals surface area contributed by atoms with Crippen LogP contribution in [0.5, 0.6) is 11.5 Å². The third kappa shape index (κ3) is 4.22. The van der Waals surface area contributed by atoms with Crippen molar-refractivity contribution < 1.29 is 35.9 Å². The van der Waals surface area contributed by atoms with Gasteiger partial charge in [0.2, 0.25) is 10.0 Å². The molecule has 0 aromatic heterocycles. The molecule has 1 heterocycles. The van der Waals surface area contributed by atoms with E-state index in [-0.39, 0.29) is 17.1 Å². The number of carbonyl (C=O) groups is 1. The highest BCUT2D eigenvalue weighted by atomic mass is 32.2. The van der Waals surface area contributed by atoms with Gasteiger partial charge in [-0.25, -0.2) is 8.42 Å². The van der Waals surface area contributed by atoms with E-state index in [0.29, 0.717) is 17.9 Å². The van der Waals surface area contributed by atoms with Gasteiger partial charge in [0.05, 0.1) is 31.2 Å². The summed E-state index contributed by atoms with van der Waals surface area (Å²) < 4.78 is 75.8. The van der Waals surface area contributed by atoms with Crippen LogP contribution in [0.2, 0.25) is 0 Å². The Morgan fingerprint density at radius 2 is 1.83 bits per heavy atom. The van der Waals surface area contributed by atoms with Crippen LogP contribution in [0.1, 0.15) is 5.56 Å². The van der Waals surface area contributed by atoms with Crippen LogP contribution in [0.15, 0.2) is 41.3 Å². The molecule has 1 atom stereocenters. The maximum atomic E-state index is 12.9. The van der Waals surface area contributed by atoms with Crippen molar-refractivity contribution in [2.75, 3.05) is 24.9 Å². The third-order valence-electron chi connectivity index (χ3n) is 4.10. The molecule has 2 aromatic carbocycles. The maximum Gasteiger partial charge on any atom is 0.416 e. The van der Waals surface area contributed by atoms with E-state index in [2.05, 4.69) is 15.4 Å². The smallest absolute Gasteiger partial charge is 0.416 e. The second-order valence-corrected chi connectivity index (χ2v) is 7.65. The maximum absolute atomic E-state index is 12.9. The number of alkyl halides is 3. The molecular formula is C17H16F3N3O5S. The zero-order valence-electron chi connectivity index (χ0n) is 15.1. The molecule has 1 aliphatic heterocycles. The molecule has 8 nitrogen and oxygen atoms in total. The molecule has 3 N–H and O–H groups in total. The average Bonchev–Trinajstić information content (AvgIpc) is 2.66. The van der Waals surface area contributed by atoms with E-state index in [0.717, 1.165) is 6.07 Å². The van der Waals surface area contributed by atoms with Gasteiger partial charge in [0, 0.05) is 6.07 Å². The van der Waals surface area contributed by atoms with E-state index in [1.54, 1.807) is 6.07 Å². The Balaban J connectivity index is 1.89. The van der Waals surface area contributed by atoms with Crippen molar-refractivity contribution >= 4 is 27.3 Å². The van der Waals surface area contributed by atoms with Crippen LogP contribution in [0, 0.1) is 0 Å². The van der Waals surface area contributed by atoms with Crippen molar-refractivity contribution in [3.05, 3.63) is 42.0 Å². The number of ether oxygens (including phenoxy) is 2. The summed E-state index contributed by atoms with van der Waals surface area (Å²) in [7, 11) is -1.40. The van der Waals surface area contributed by atoms with E-state index in [4.69, 9.17) is 9.47 Å². The summed E-state index contributed by atoms with van der Waals surface area (Å²) >= 11 is 0. The van der Waals surface area contributed by atoms with Crippen molar-refractivity contribution in [3.63, 3.8) is 0 Å². The lowest BCUT2D eigenvalue weighted by atomic mass is 10.2. The minimum Gasteiger partial charge on any atom is -0.497 e. The molecule has 1 amide bonds. The number of halogens is 3. The highest BCUT2D eigenvalue weighted by Gasteiger charge is 2.37. The van der Waals surface area contributed by atoms with Gasteiger partial charge in [-0.05, 0) is 30.3 Å². The van der Waals surface area contributed by atoms with Crippen molar-refractivity contribution in [1.82, 2.24) is 4.72 Å². The Morgan fingerprint density at radius 1 is 1.10 bits per heavy atom. The zero-order valence-corrected chi connectivity index (χ0v) is 15.9. The molecule has 0 saturated heterocycles. The van der Waals surface area contributed by atoms with Gasteiger partial charge in [-0.2, -0.15) is 17.9 Å². The molecule has 0 bridgehead atoms. The number of benzene rings is 2. The first-order valence-corrected chi connectivity index (χ1v) is 9.56. The number of fused-ring (bicyclic) bond motifs is 1. The lowest BCUT2D eigenvalue weighted by Crippen LogP contribution is -2.51. The van der Waals surface area contributed by atoms with Gasteiger partial charge >= 0.3 is 6.18 Å². The highest BCUT2D eigenvalue weighted by Crippen LogP contribution is 2.35. The van der Waals surface area contributed by atoms with E-state index >= 15 is 0 Å². The van der Waals surface area contributed by atoms with Gasteiger partial charge in [-0.3, -0.25) is 4.79 Å². The number of sulfonamides is 1. The summed E-state index contributed by atoms with van der Waals surface area (Å²) in [5.41, 5.74) is -1.16. The molecule has 12 heteroatoms. The largest absolute Gasteiger partial charge is 0.497 e. The highest BCUT2D eigenvalue weighted by molar-refractivity contribution is 7.89. The molecule has 0 radical (unpaired) electrons. The number of rotatable bonds is 4. The van der Waals surface area contributed by atoms with Crippen LogP contribution < -0.4 is 24.8 Å². The summed E-state index contributed by atoms with van der Waals surface area (Å²) in [6.07, 6.45) is -6.21. The number of anilines is 2. The minimum atomic E-state index is -4.67. The summed E-state index contributed by atoms with van der Waals surface area (Å²) in [6.45, 7) is 0. The third-order valence-corrected chi connectivity index (χ3v) is 5.58. The Hall–Kier alpha value is -2.99. The number of amides is 1. The van der Waals surface area contributed by atoms with Crippen molar-refractivity contribution in [2.45, 2.75) is 17.2 Å². The summed E-state index contributed by atoms with van der Waals surface area (Å²) in [6, 6.07) is 6.64. The predicted molar refractivity (Wildman–Crippen MR) is 97.4 cm³/mol. The van der Waals surface area contributed by atoms with E-state index in [1.165, 1.54) is 26.4 Å². The van der Waals surface area contributed by atoms with Gasteiger partial charge in [0.25, 0.3) is 5.91 Å². The van der Waals surface area contributed by atoms with Crippen LogP contribution in [0.3, 0.4) is 0 Å². The molecule has 2 aromatic rings. The number of nitrogens with one attached hydrogen (secondary N) is 3.